The SMILES string of the molecule is C[C@@H](NC(=O)CCCc1nc2ccccc2c(=O)[nH]1)c1cccnc1. The van der Waals surface area contributed by atoms with Gasteiger partial charge in [-0.05, 0) is 37.1 Å². The molecule has 3 rings (SSSR count). The second-order valence-electron chi connectivity index (χ2n) is 5.96. The quantitative estimate of drug-likeness (QED) is 0.724. The maximum Gasteiger partial charge on any atom is 0.258 e. The van der Waals surface area contributed by atoms with Gasteiger partial charge in [-0.3, -0.25) is 14.6 Å². The largest absolute Gasteiger partial charge is 0.350 e. The van der Waals surface area contributed by atoms with Crippen LogP contribution in [0.4, 0.5) is 0 Å². The third kappa shape index (κ3) is 4.29. The zero-order valence-electron chi connectivity index (χ0n) is 14.0. The first-order chi connectivity index (χ1) is 12.1. The fourth-order valence-corrected chi connectivity index (χ4v) is 2.70. The highest BCUT2D eigenvalue weighted by Gasteiger charge is 2.10. The minimum Gasteiger partial charge on any atom is -0.350 e. The van der Waals surface area contributed by atoms with Gasteiger partial charge in [-0.1, -0.05) is 18.2 Å². The second-order valence-corrected chi connectivity index (χ2v) is 5.96. The molecule has 6 heteroatoms. The predicted octanol–water partition coefficient (Wildman–Crippen LogP) is 2.52. The maximum absolute atomic E-state index is 12.1. The number of carbonyl (C=O) groups excluding carboxylic acids is 1. The first-order valence-electron chi connectivity index (χ1n) is 8.31. The van der Waals surface area contributed by atoms with E-state index in [0.717, 1.165) is 5.56 Å². The van der Waals surface area contributed by atoms with Crippen molar-refractivity contribution < 1.29 is 4.79 Å². The molecule has 0 spiro atoms. The van der Waals surface area contributed by atoms with Crippen molar-refractivity contribution >= 4 is 16.8 Å². The van der Waals surface area contributed by atoms with E-state index in [4.69, 9.17) is 0 Å². The third-order valence-electron chi connectivity index (χ3n) is 4.04. The Hall–Kier alpha value is -3.02. The van der Waals surface area contributed by atoms with Crippen molar-refractivity contribution in [3.63, 3.8) is 0 Å². The lowest BCUT2D eigenvalue weighted by Crippen LogP contribution is -2.26. The molecule has 0 radical (unpaired) electrons. The number of para-hydroxylation sites is 1. The number of aromatic amines is 1. The molecule has 0 aliphatic carbocycles. The van der Waals surface area contributed by atoms with Gasteiger partial charge in [-0.15, -0.1) is 0 Å². The zero-order chi connectivity index (χ0) is 17.6. The van der Waals surface area contributed by atoms with Crippen molar-refractivity contribution in [1.82, 2.24) is 20.3 Å². The molecule has 1 amide bonds. The van der Waals surface area contributed by atoms with Crippen LogP contribution in [-0.2, 0) is 11.2 Å². The number of amides is 1. The summed E-state index contributed by atoms with van der Waals surface area (Å²) in [5.41, 5.74) is 1.50. The number of hydrogen-bond donors (Lipinski definition) is 2. The summed E-state index contributed by atoms with van der Waals surface area (Å²) in [6.45, 7) is 1.93. The molecule has 0 saturated heterocycles. The van der Waals surface area contributed by atoms with Gasteiger partial charge in [0.2, 0.25) is 5.91 Å². The monoisotopic (exact) mass is 336 g/mol. The summed E-state index contributed by atoms with van der Waals surface area (Å²) < 4.78 is 0. The second kappa shape index (κ2) is 7.70. The molecule has 0 fully saturated rings. The van der Waals surface area contributed by atoms with Gasteiger partial charge in [0.05, 0.1) is 16.9 Å². The molecule has 0 bridgehead atoms. The highest BCUT2D eigenvalue weighted by atomic mass is 16.1. The molecule has 0 aliphatic rings. The number of rotatable bonds is 6. The number of carbonyl (C=O) groups is 1. The van der Waals surface area contributed by atoms with Crippen LogP contribution in [0.2, 0.25) is 0 Å². The van der Waals surface area contributed by atoms with Crippen molar-refractivity contribution in [2.45, 2.75) is 32.2 Å². The van der Waals surface area contributed by atoms with Crippen LogP contribution in [0, 0.1) is 0 Å². The summed E-state index contributed by atoms with van der Waals surface area (Å²) in [5.74, 6) is 0.580. The van der Waals surface area contributed by atoms with Gasteiger partial charge >= 0.3 is 0 Å². The van der Waals surface area contributed by atoms with E-state index in [2.05, 4.69) is 20.3 Å². The van der Waals surface area contributed by atoms with Crippen LogP contribution < -0.4 is 10.9 Å². The van der Waals surface area contributed by atoms with Crippen LogP contribution in [0.1, 0.15) is 37.2 Å². The average Bonchev–Trinajstić information content (AvgIpc) is 2.62. The van der Waals surface area contributed by atoms with Gasteiger partial charge in [0.1, 0.15) is 5.82 Å². The summed E-state index contributed by atoms with van der Waals surface area (Å²) in [7, 11) is 0. The topological polar surface area (TPSA) is 87.7 Å². The Morgan fingerprint density at radius 3 is 2.88 bits per heavy atom. The van der Waals surface area contributed by atoms with E-state index in [9.17, 15) is 9.59 Å². The number of aryl methyl sites for hydroxylation is 1. The molecule has 1 atom stereocenters. The lowest BCUT2D eigenvalue weighted by molar-refractivity contribution is -0.121. The molecule has 1 aromatic carbocycles. The maximum atomic E-state index is 12.1. The van der Waals surface area contributed by atoms with E-state index < -0.39 is 0 Å². The summed E-state index contributed by atoms with van der Waals surface area (Å²) in [6.07, 6.45) is 4.99. The van der Waals surface area contributed by atoms with Crippen molar-refractivity contribution in [3.8, 4) is 0 Å². The molecule has 25 heavy (non-hydrogen) atoms. The van der Waals surface area contributed by atoms with Crippen LogP contribution in [-0.4, -0.2) is 20.9 Å². The summed E-state index contributed by atoms with van der Waals surface area (Å²) >= 11 is 0. The normalized spacial score (nSPS) is 12.0. The standard InChI is InChI=1S/C19H20N4O2/c1-13(14-6-5-11-20-12-14)21-18(24)10-4-9-17-22-16-8-3-2-7-15(16)19(25)23-17/h2-3,5-8,11-13H,4,9-10H2,1H3,(H,21,24)(H,22,23,25)/t13-/m1/s1. The van der Waals surface area contributed by atoms with Crippen molar-refractivity contribution in [2.24, 2.45) is 0 Å². The van der Waals surface area contributed by atoms with Gasteiger partial charge in [0.25, 0.3) is 5.56 Å². The number of aromatic nitrogens is 3. The van der Waals surface area contributed by atoms with Crippen LogP contribution >= 0.6 is 0 Å². The Morgan fingerprint density at radius 2 is 2.08 bits per heavy atom. The minimum absolute atomic E-state index is 0.0283. The Morgan fingerprint density at radius 1 is 1.24 bits per heavy atom. The summed E-state index contributed by atoms with van der Waals surface area (Å²) in [6, 6.07) is 10.9. The third-order valence-corrected chi connectivity index (χ3v) is 4.04. The molecule has 6 nitrogen and oxygen atoms in total. The molecule has 0 unspecified atom stereocenters. The number of hydrogen-bond acceptors (Lipinski definition) is 4. The fourth-order valence-electron chi connectivity index (χ4n) is 2.70. The van der Waals surface area contributed by atoms with Crippen molar-refractivity contribution in [3.05, 3.63) is 70.5 Å². The molecule has 0 saturated carbocycles. The predicted molar refractivity (Wildman–Crippen MR) is 96.1 cm³/mol. The highest BCUT2D eigenvalue weighted by molar-refractivity contribution is 5.77. The number of pyridine rings is 1. The Kier molecular flexibility index (Phi) is 5.18. The number of fused-ring (bicyclic) bond motifs is 1. The van der Waals surface area contributed by atoms with Gasteiger partial charge in [-0.2, -0.15) is 0 Å². The number of benzene rings is 1. The zero-order valence-corrected chi connectivity index (χ0v) is 14.0. The molecule has 3 aromatic rings. The van der Waals surface area contributed by atoms with Crippen molar-refractivity contribution in [1.29, 1.82) is 0 Å². The summed E-state index contributed by atoms with van der Waals surface area (Å²) in [4.78, 5) is 35.4. The molecule has 2 heterocycles. The van der Waals surface area contributed by atoms with Gasteiger partial charge in [0, 0.05) is 25.2 Å². The van der Waals surface area contributed by atoms with Gasteiger partial charge in [0.15, 0.2) is 0 Å². The van der Waals surface area contributed by atoms with E-state index >= 15 is 0 Å². The van der Waals surface area contributed by atoms with E-state index in [-0.39, 0.29) is 17.5 Å². The first-order valence-corrected chi connectivity index (χ1v) is 8.31. The van der Waals surface area contributed by atoms with E-state index in [1.54, 1.807) is 18.5 Å². The Balaban J connectivity index is 1.54. The highest BCUT2D eigenvalue weighted by Crippen LogP contribution is 2.11. The molecule has 0 aliphatic heterocycles. The number of nitrogens with zero attached hydrogens (tertiary/aromatic N) is 2. The lowest BCUT2D eigenvalue weighted by Gasteiger charge is -2.13. The van der Waals surface area contributed by atoms with Crippen LogP contribution in [0.3, 0.4) is 0 Å². The molecule has 2 N–H and O–H groups in total. The van der Waals surface area contributed by atoms with Gasteiger partial charge < -0.3 is 10.3 Å². The van der Waals surface area contributed by atoms with Crippen LogP contribution in [0.25, 0.3) is 10.9 Å². The summed E-state index contributed by atoms with van der Waals surface area (Å²) in [5, 5.41) is 3.53. The van der Waals surface area contributed by atoms with Gasteiger partial charge in [-0.25, -0.2) is 4.98 Å². The van der Waals surface area contributed by atoms with Crippen LogP contribution in [0.5, 0.6) is 0 Å². The molecule has 128 valence electrons. The van der Waals surface area contributed by atoms with Crippen molar-refractivity contribution in [2.75, 3.05) is 0 Å². The first kappa shape index (κ1) is 16.8. The van der Waals surface area contributed by atoms with Crippen LogP contribution in [0.15, 0.2) is 53.6 Å². The Labute approximate surface area is 145 Å². The lowest BCUT2D eigenvalue weighted by atomic mass is 10.1. The van der Waals surface area contributed by atoms with E-state index in [0.29, 0.717) is 36.0 Å². The molecular weight excluding hydrogens is 316 g/mol. The number of H-pyrrole nitrogens is 1. The molecular formula is C19H20N4O2. The Bertz CT molecular complexity index is 921. The molecule has 2 aromatic heterocycles. The fraction of sp³-hybridized carbons (Fsp3) is 0.263. The smallest absolute Gasteiger partial charge is 0.258 e. The average molecular weight is 336 g/mol. The minimum atomic E-state index is -0.143. The van der Waals surface area contributed by atoms with E-state index in [1.807, 2.05) is 37.3 Å². The number of nitrogens with one attached hydrogen (secondary N) is 2. The van der Waals surface area contributed by atoms with E-state index in [1.165, 1.54) is 0 Å².